The normalized spacial score (nSPS) is 9.17. The third kappa shape index (κ3) is 2.44. The second-order valence-electron chi connectivity index (χ2n) is 3.22. The van der Waals surface area contributed by atoms with Crippen molar-refractivity contribution in [1.29, 1.82) is 0 Å². The van der Waals surface area contributed by atoms with E-state index in [2.05, 4.69) is 4.98 Å². The molecule has 0 aliphatic rings. The molecule has 0 atom stereocenters. The van der Waals surface area contributed by atoms with E-state index in [9.17, 15) is 9.59 Å². The summed E-state index contributed by atoms with van der Waals surface area (Å²) in [6.07, 6.45) is 1.18. The maximum atomic E-state index is 11.8. The first kappa shape index (κ1) is 16.0. The number of benzene rings is 1. The molecule has 0 fully saturated rings. The second-order valence-corrected chi connectivity index (χ2v) is 3.22. The van der Waals surface area contributed by atoms with Gasteiger partial charge in [-0.25, -0.2) is 4.79 Å². The summed E-state index contributed by atoms with van der Waals surface area (Å²) in [5.74, 6) is -0.738. The Kier molecular flexibility index (Phi) is 5.35. The van der Waals surface area contributed by atoms with E-state index in [0.29, 0.717) is 16.7 Å². The summed E-state index contributed by atoms with van der Waals surface area (Å²) in [6, 6.07) is 4.89. The number of hydrogen-bond acceptors (Lipinski definition) is 3. The minimum Gasteiger partial charge on any atom is -0.495 e. The van der Waals surface area contributed by atoms with Gasteiger partial charge < -0.3 is 20.3 Å². The molecule has 0 aliphatic carbocycles. The van der Waals surface area contributed by atoms with Crippen LogP contribution >= 0.6 is 12.4 Å². The third-order valence-corrected chi connectivity index (χ3v) is 2.33. The monoisotopic (exact) mass is 273 g/mol. The minimum absolute atomic E-state index is 0. The van der Waals surface area contributed by atoms with Crippen LogP contribution in [0.4, 0.5) is 0 Å². The molecular formula is C11H12ClNO5. The maximum absolute atomic E-state index is 11.8. The number of aromatic carboxylic acids is 1. The van der Waals surface area contributed by atoms with Crippen LogP contribution in [0, 0.1) is 0 Å². The van der Waals surface area contributed by atoms with Gasteiger partial charge in [-0.1, -0.05) is 6.07 Å². The van der Waals surface area contributed by atoms with E-state index in [1.54, 1.807) is 18.2 Å². The van der Waals surface area contributed by atoms with Crippen LogP contribution in [0.3, 0.4) is 0 Å². The zero-order valence-electron chi connectivity index (χ0n) is 9.39. The lowest BCUT2D eigenvalue weighted by Gasteiger charge is -2.04. The molecule has 2 rings (SSSR count). The fourth-order valence-electron chi connectivity index (χ4n) is 1.55. The number of carboxylic acid groups (broad SMARTS) is 1. The maximum Gasteiger partial charge on any atom is 0.341 e. The number of H-pyrrole nitrogens is 1. The Labute approximate surface area is 108 Å². The highest BCUT2D eigenvalue weighted by molar-refractivity contribution is 5.93. The van der Waals surface area contributed by atoms with E-state index in [0.717, 1.165) is 0 Å². The number of pyridine rings is 1. The van der Waals surface area contributed by atoms with Crippen LogP contribution < -0.4 is 10.2 Å². The topological polar surface area (TPSA) is 111 Å². The molecule has 0 amide bonds. The van der Waals surface area contributed by atoms with Crippen molar-refractivity contribution in [3.63, 3.8) is 0 Å². The third-order valence-electron chi connectivity index (χ3n) is 2.33. The van der Waals surface area contributed by atoms with Gasteiger partial charge in [-0.05, 0) is 12.1 Å². The number of carboxylic acids is 1. The molecule has 7 heteroatoms. The number of aromatic nitrogens is 1. The average molecular weight is 274 g/mol. The number of para-hydroxylation sites is 1. The Morgan fingerprint density at radius 2 is 2.06 bits per heavy atom. The Hall–Kier alpha value is -2.05. The molecule has 6 nitrogen and oxygen atoms in total. The van der Waals surface area contributed by atoms with Crippen molar-refractivity contribution in [2.24, 2.45) is 0 Å². The van der Waals surface area contributed by atoms with Gasteiger partial charge in [-0.15, -0.1) is 12.4 Å². The van der Waals surface area contributed by atoms with Crippen molar-refractivity contribution >= 4 is 29.3 Å². The first-order chi connectivity index (χ1) is 7.65. The SMILES string of the molecule is COc1cccc2c(=O)c(C(=O)O)c[nH]c12.Cl.O. The van der Waals surface area contributed by atoms with Crippen molar-refractivity contribution in [3.8, 4) is 5.75 Å². The van der Waals surface area contributed by atoms with Crippen molar-refractivity contribution in [2.75, 3.05) is 7.11 Å². The molecule has 0 bridgehead atoms. The van der Waals surface area contributed by atoms with Crippen LogP contribution in [0.25, 0.3) is 10.9 Å². The Bertz CT molecular complexity index is 622. The lowest BCUT2D eigenvalue weighted by Crippen LogP contribution is -2.15. The summed E-state index contributed by atoms with van der Waals surface area (Å²) >= 11 is 0. The van der Waals surface area contributed by atoms with E-state index < -0.39 is 11.4 Å². The molecule has 98 valence electrons. The molecular weight excluding hydrogens is 262 g/mol. The predicted octanol–water partition coefficient (Wildman–Crippen LogP) is 0.832. The summed E-state index contributed by atoms with van der Waals surface area (Å²) in [7, 11) is 1.48. The Morgan fingerprint density at radius 1 is 1.39 bits per heavy atom. The molecule has 2 aromatic rings. The van der Waals surface area contributed by atoms with E-state index in [-0.39, 0.29) is 23.4 Å². The molecule has 0 saturated carbocycles. The number of nitrogens with one attached hydrogen (secondary N) is 1. The van der Waals surface area contributed by atoms with Crippen molar-refractivity contribution in [3.05, 3.63) is 40.2 Å². The van der Waals surface area contributed by atoms with Crippen LogP contribution in [0.15, 0.2) is 29.2 Å². The van der Waals surface area contributed by atoms with Gasteiger partial charge in [0.15, 0.2) is 0 Å². The van der Waals surface area contributed by atoms with Crippen LogP contribution in [-0.4, -0.2) is 28.6 Å². The summed E-state index contributed by atoms with van der Waals surface area (Å²) in [5, 5.41) is 9.11. The predicted molar refractivity (Wildman–Crippen MR) is 68.9 cm³/mol. The summed E-state index contributed by atoms with van der Waals surface area (Å²) in [6.45, 7) is 0. The molecule has 1 aromatic heterocycles. The molecule has 0 aliphatic heterocycles. The van der Waals surface area contributed by atoms with Crippen molar-refractivity contribution < 1.29 is 20.1 Å². The Morgan fingerprint density at radius 3 is 2.61 bits per heavy atom. The Balaban J connectivity index is 0.00000144. The lowest BCUT2D eigenvalue weighted by atomic mass is 10.1. The lowest BCUT2D eigenvalue weighted by molar-refractivity contribution is 0.0695. The number of fused-ring (bicyclic) bond motifs is 1. The molecule has 0 unspecified atom stereocenters. The van der Waals surface area contributed by atoms with Gasteiger partial charge in [-0.2, -0.15) is 0 Å². The summed E-state index contributed by atoms with van der Waals surface area (Å²) in [5.41, 5.74) is -0.291. The van der Waals surface area contributed by atoms with Gasteiger partial charge in [0.25, 0.3) is 0 Å². The van der Waals surface area contributed by atoms with Gasteiger partial charge in [0.2, 0.25) is 5.43 Å². The number of ether oxygens (including phenoxy) is 1. The van der Waals surface area contributed by atoms with E-state index in [4.69, 9.17) is 9.84 Å². The largest absolute Gasteiger partial charge is 0.495 e. The fraction of sp³-hybridized carbons (Fsp3) is 0.0909. The first-order valence-electron chi connectivity index (χ1n) is 4.57. The van der Waals surface area contributed by atoms with Crippen LogP contribution in [0.2, 0.25) is 0 Å². The van der Waals surface area contributed by atoms with Gasteiger partial charge in [0.05, 0.1) is 18.0 Å². The number of carbonyl (C=O) groups is 1. The van der Waals surface area contributed by atoms with Gasteiger partial charge in [0.1, 0.15) is 11.3 Å². The fourth-order valence-corrected chi connectivity index (χ4v) is 1.55. The first-order valence-corrected chi connectivity index (χ1v) is 4.57. The zero-order chi connectivity index (χ0) is 11.7. The van der Waals surface area contributed by atoms with Crippen molar-refractivity contribution in [1.82, 2.24) is 4.98 Å². The number of hydrogen-bond donors (Lipinski definition) is 2. The van der Waals surface area contributed by atoms with Crippen LogP contribution in [-0.2, 0) is 0 Å². The van der Waals surface area contributed by atoms with E-state index in [1.807, 2.05) is 0 Å². The van der Waals surface area contributed by atoms with Crippen LogP contribution in [0.5, 0.6) is 5.75 Å². The number of rotatable bonds is 2. The van der Waals surface area contributed by atoms with Gasteiger partial charge in [-0.3, -0.25) is 4.79 Å². The van der Waals surface area contributed by atoms with Gasteiger partial charge >= 0.3 is 5.97 Å². The highest BCUT2D eigenvalue weighted by atomic mass is 35.5. The summed E-state index contributed by atoms with van der Waals surface area (Å²) < 4.78 is 5.07. The highest BCUT2D eigenvalue weighted by Crippen LogP contribution is 2.20. The van der Waals surface area contributed by atoms with Crippen LogP contribution in [0.1, 0.15) is 10.4 Å². The van der Waals surface area contributed by atoms with Gasteiger partial charge in [0, 0.05) is 6.20 Å². The highest BCUT2D eigenvalue weighted by Gasteiger charge is 2.12. The molecule has 0 saturated heterocycles. The van der Waals surface area contributed by atoms with E-state index >= 15 is 0 Å². The molecule has 0 spiro atoms. The molecule has 1 aromatic carbocycles. The number of halogens is 1. The summed E-state index contributed by atoms with van der Waals surface area (Å²) in [4.78, 5) is 25.3. The standard InChI is InChI=1S/C11H9NO4.ClH.H2O/c1-16-8-4-2-3-6-9(8)12-5-7(10(6)13)11(14)15;;/h2-5H,1H3,(H,12,13)(H,14,15);1H;1H2. The van der Waals surface area contributed by atoms with Crippen molar-refractivity contribution in [2.45, 2.75) is 0 Å². The molecule has 4 N–H and O–H groups in total. The molecule has 0 radical (unpaired) electrons. The second kappa shape index (κ2) is 6.04. The smallest absolute Gasteiger partial charge is 0.341 e. The zero-order valence-corrected chi connectivity index (χ0v) is 10.2. The molecule has 1 heterocycles. The number of methoxy groups -OCH3 is 1. The van der Waals surface area contributed by atoms with E-state index in [1.165, 1.54) is 13.3 Å². The average Bonchev–Trinajstić information content (AvgIpc) is 2.28. The molecule has 18 heavy (non-hydrogen) atoms. The number of aromatic amines is 1. The minimum atomic E-state index is -1.24. The quantitative estimate of drug-likeness (QED) is 0.844.